The van der Waals surface area contributed by atoms with Gasteiger partial charge in [-0.1, -0.05) is 54.6 Å². The van der Waals surface area contributed by atoms with Crippen molar-refractivity contribution in [1.29, 1.82) is 0 Å². The van der Waals surface area contributed by atoms with Gasteiger partial charge in [0.2, 0.25) is 0 Å². The van der Waals surface area contributed by atoms with Gasteiger partial charge in [-0.15, -0.1) is 0 Å². The SMILES string of the molecule is CCOC(=O)c1c(-c2ccccc2C)nsc1-c1ccccc1. The van der Waals surface area contributed by atoms with E-state index in [0.717, 1.165) is 21.6 Å². The predicted molar refractivity (Wildman–Crippen MR) is 93.7 cm³/mol. The summed E-state index contributed by atoms with van der Waals surface area (Å²) < 4.78 is 9.85. The standard InChI is InChI=1S/C19H17NO2S/c1-3-22-19(21)16-17(15-12-8-7-9-13(15)2)20-23-18(16)14-10-5-4-6-11-14/h4-12H,3H2,1-2H3. The lowest BCUT2D eigenvalue weighted by atomic mass is 10.00. The molecule has 0 radical (unpaired) electrons. The minimum absolute atomic E-state index is 0.321. The summed E-state index contributed by atoms with van der Waals surface area (Å²) in [7, 11) is 0. The van der Waals surface area contributed by atoms with Crippen LogP contribution in [0.3, 0.4) is 0 Å². The highest BCUT2D eigenvalue weighted by molar-refractivity contribution is 7.10. The molecule has 0 bridgehead atoms. The van der Waals surface area contributed by atoms with Gasteiger partial charge in [0, 0.05) is 5.56 Å². The van der Waals surface area contributed by atoms with Gasteiger partial charge < -0.3 is 4.74 Å². The molecule has 4 heteroatoms. The summed E-state index contributed by atoms with van der Waals surface area (Å²) in [5.74, 6) is -0.321. The molecule has 0 aliphatic rings. The highest BCUT2D eigenvalue weighted by Gasteiger charge is 2.24. The Labute approximate surface area is 139 Å². The molecule has 1 heterocycles. The first-order valence-corrected chi connectivity index (χ1v) is 8.28. The zero-order valence-corrected chi connectivity index (χ0v) is 13.9. The lowest BCUT2D eigenvalue weighted by Gasteiger charge is -2.08. The fourth-order valence-electron chi connectivity index (χ4n) is 2.49. The normalized spacial score (nSPS) is 10.5. The van der Waals surface area contributed by atoms with Crippen molar-refractivity contribution in [3.63, 3.8) is 0 Å². The zero-order valence-electron chi connectivity index (χ0n) is 13.1. The molecule has 0 aliphatic heterocycles. The molecule has 0 aliphatic carbocycles. The Morgan fingerprint density at radius 1 is 1.09 bits per heavy atom. The zero-order chi connectivity index (χ0) is 16.2. The monoisotopic (exact) mass is 323 g/mol. The fourth-order valence-corrected chi connectivity index (χ4v) is 3.38. The van der Waals surface area contributed by atoms with Crippen molar-refractivity contribution >= 4 is 17.5 Å². The van der Waals surface area contributed by atoms with Crippen molar-refractivity contribution in [2.24, 2.45) is 0 Å². The Hall–Kier alpha value is -2.46. The van der Waals surface area contributed by atoms with E-state index in [2.05, 4.69) is 4.37 Å². The molecular formula is C19H17NO2S. The molecule has 2 aromatic carbocycles. The first-order valence-electron chi connectivity index (χ1n) is 7.50. The van der Waals surface area contributed by atoms with E-state index in [4.69, 9.17) is 4.74 Å². The van der Waals surface area contributed by atoms with Crippen LogP contribution < -0.4 is 0 Å². The molecule has 0 saturated carbocycles. The van der Waals surface area contributed by atoms with Crippen LogP contribution in [0.25, 0.3) is 21.7 Å². The van der Waals surface area contributed by atoms with Crippen LogP contribution in [-0.4, -0.2) is 16.9 Å². The average molecular weight is 323 g/mol. The number of rotatable bonds is 4. The predicted octanol–water partition coefficient (Wildman–Crippen LogP) is 4.96. The smallest absolute Gasteiger partial charge is 0.341 e. The maximum absolute atomic E-state index is 12.5. The molecule has 3 rings (SSSR count). The van der Waals surface area contributed by atoms with Gasteiger partial charge in [0.15, 0.2) is 0 Å². The Bertz CT molecular complexity index is 824. The topological polar surface area (TPSA) is 39.2 Å². The Kier molecular flexibility index (Phi) is 4.53. The molecule has 0 unspecified atom stereocenters. The van der Waals surface area contributed by atoms with Crippen molar-refractivity contribution in [3.05, 3.63) is 65.7 Å². The second-order valence-corrected chi connectivity index (χ2v) is 5.91. The number of ether oxygens (including phenoxy) is 1. The quantitative estimate of drug-likeness (QED) is 0.637. The van der Waals surface area contributed by atoms with E-state index in [0.29, 0.717) is 17.9 Å². The van der Waals surface area contributed by atoms with Gasteiger partial charge in [-0.25, -0.2) is 4.79 Å². The summed E-state index contributed by atoms with van der Waals surface area (Å²) in [6, 6.07) is 17.8. The first kappa shape index (κ1) is 15.4. The number of carbonyl (C=O) groups excluding carboxylic acids is 1. The van der Waals surface area contributed by atoms with Crippen LogP contribution in [0.4, 0.5) is 0 Å². The molecule has 0 saturated heterocycles. The van der Waals surface area contributed by atoms with Gasteiger partial charge >= 0.3 is 5.97 Å². The Morgan fingerprint density at radius 3 is 2.48 bits per heavy atom. The van der Waals surface area contributed by atoms with Crippen LogP contribution in [0.1, 0.15) is 22.8 Å². The summed E-state index contributed by atoms with van der Waals surface area (Å²) in [5, 5.41) is 0. The van der Waals surface area contributed by atoms with Crippen LogP contribution in [0, 0.1) is 6.92 Å². The van der Waals surface area contributed by atoms with E-state index >= 15 is 0 Å². The summed E-state index contributed by atoms with van der Waals surface area (Å²) in [5.41, 5.74) is 4.28. The summed E-state index contributed by atoms with van der Waals surface area (Å²) in [6.45, 7) is 4.18. The van der Waals surface area contributed by atoms with Crippen molar-refractivity contribution in [1.82, 2.24) is 4.37 Å². The lowest BCUT2D eigenvalue weighted by Crippen LogP contribution is -2.06. The number of esters is 1. The Balaban J connectivity index is 2.20. The Morgan fingerprint density at radius 2 is 1.78 bits per heavy atom. The number of aryl methyl sites for hydroxylation is 1. The molecule has 0 amide bonds. The van der Waals surface area contributed by atoms with E-state index in [1.165, 1.54) is 11.5 Å². The van der Waals surface area contributed by atoms with Crippen LogP contribution >= 0.6 is 11.5 Å². The van der Waals surface area contributed by atoms with Gasteiger partial charge in [-0.3, -0.25) is 0 Å². The highest BCUT2D eigenvalue weighted by Crippen LogP contribution is 2.37. The number of hydrogen-bond donors (Lipinski definition) is 0. The molecule has 3 aromatic rings. The van der Waals surface area contributed by atoms with Crippen LogP contribution in [0.2, 0.25) is 0 Å². The maximum atomic E-state index is 12.5. The first-order chi connectivity index (χ1) is 11.2. The van der Waals surface area contributed by atoms with Gasteiger partial charge in [-0.05, 0) is 36.5 Å². The lowest BCUT2D eigenvalue weighted by molar-refractivity contribution is 0.0528. The maximum Gasteiger partial charge on any atom is 0.341 e. The minimum atomic E-state index is -0.321. The van der Waals surface area contributed by atoms with Crippen LogP contribution in [-0.2, 0) is 4.74 Å². The van der Waals surface area contributed by atoms with Crippen molar-refractivity contribution in [2.75, 3.05) is 6.61 Å². The molecule has 0 atom stereocenters. The average Bonchev–Trinajstić information content (AvgIpc) is 3.01. The third-order valence-corrected chi connectivity index (χ3v) is 4.50. The second kappa shape index (κ2) is 6.75. The number of aromatic nitrogens is 1. The van der Waals surface area contributed by atoms with E-state index in [1.54, 1.807) is 0 Å². The number of nitrogens with zero attached hydrogens (tertiary/aromatic N) is 1. The minimum Gasteiger partial charge on any atom is -0.462 e. The summed E-state index contributed by atoms with van der Waals surface area (Å²) >= 11 is 1.34. The van der Waals surface area contributed by atoms with Crippen LogP contribution in [0.5, 0.6) is 0 Å². The van der Waals surface area contributed by atoms with Gasteiger partial charge in [0.1, 0.15) is 5.56 Å². The van der Waals surface area contributed by atoms with E-state index in [1.807, 2.05) is 68.4 Å². The molecule has 116 valence electrons. The van der Waals surface area contributed by atoms with Crippen molar-refractivity contribution in [3.8, 4) is 21.7 Å². The molecule has 0 spiro atoms. The third kappa shape index (κ3) is 3.03. The van der Waals surface area contributed by atoms with Gasteiger partial charge in [0.25, 0.3) is 0 Å². The second-order valence-electron chi connectivity index (χ2n) is 5.14. The van der Waals surface area contributed by atoms with E-state index in [9.17, 15) is 4.79 Å². The summed E-state index contributed by atoms with van der Waals surface area (Å²) in [6.07, 6.45) is 0. The van der Waals surface area contributed by atoms with E-state index in [-0.39, 0.29) is 5.97 Å². The summed E-state index contributed by atoms with van der Waals surface area (Å²) in [4.78, 5) is 13.4. The van der Waals surface area contributed by atoms with Crippen molar-refractivity contribution in [2.45, 2.75) is 13.8 Å². The van der Waals surface area contributed by atoms with Crippen molar-refractivity contribution < 1.29 is 9.53 Å². The third-order valence-electron chi connectivity index (χ3n) is 3.61. The van der Waals surface area contributed by atoms with Gasteiger partial charge in [-0.2, -0.15) is 4.37 Å². The van der Waals surface area contributed by atoms with Gasteiger partial charge in [0.05, 0.1) is 17.2 Å². The molecule has 3 nitrogen and oxygen atoms in total. The molecule has 1 aromatic heterocycles. The molecule has 0 N–H and O–H groups in total. The fraction of sp³-hybridized carbons (Fsp3) is 0.158. The number of benzene rings is 2. The number of carbonyl (C=O) groups is 1. The molecule has 23 heavy (non-hydrogen) atoms. The molecule has 0 fully saturated rings. The van der Waals surface area contributed by atoms with E-state index < -0.39 is 0 Å². The van der Waals surface area contributed by atoms with Crippen LogP contribution in [0.15, 0.2) is 54.6 Å². The number of hydrogen-bond acceptors (Lipinski definition) is 4. The largest absolute Gasteiger partial charge is 0.462 e. The highest BCUT2D eigenvalue weighted by atomic mass is 32.1. The molecular weight excluding hydrogens is 306 g/mol.